The standard InChI is InChI=1S/C13H10F3N7OS/c14-13(15,16)7-2-1-3-8(4-7)23-10(20-21-22-23)6-25-12-18-9(17)5-11(24)19-12/h1-5H,6H2,(H3,17,18,19,24). The van der Waals surface area contributed by atoms with Crippen LogP contribution in [0.2, 0.25) is 0 Å². The van der Waals surface area contributed by atoms with Crippen molar-refractivity contribution >= 4 is 17.6 Å². The van der Waals surface area contributed by atoms with E-state index in [9.17, 15) is 18.0 Å². The van der Waals surface area contributed by atoms with Crippen molar-refractivity contribution < 1.29 is 13.2 Å². The average molecular weight is 369 g/mol. The number of hydrogen-bond acceptors (Lipinski definition) is 7. The molecule has 8 nitrogen and oxygen atoms in total. The number of aromatic nitrogens is 6. The molecule has 3 rings (SSSR count). The van der Waals surface area contributed by atoms with Crippen LogP contribution in [0.4, 0.5) is 19.0 Å². The summed E-state index contributed by atoms with van der Waals surface area (Å²) < 4.78 is 39.7. The van der Waals surface area contributed by atoms with Crippen molar-refractivity contribution in [1.29, 1.82) is 0 Å². The number of H-pyrrole nitrogens is 1. The summed E-state index contributed by atoms with van der Waals surface area (Å²) in [6.07, 6.45) is -4.47. The minimum atomic E-state index is -4.47. The lowest BCUT2D eigenvalue weighted by Crippen LogP contribution is -2.10. The summed E-state index contributed by atoms with van der Waals surface area (Å²) in [5.74, 6) is 0.508. The average Bonchev–Trinajstić information content (AvgIpc) is 3.00. The van der Waals surface area contributed by atoms with Crippen LogP contribution in [-0.2, 0) is 11.9 Å². The number of nitrogens with two attached hydrogens (primary N) is 1. The van der Waals surface area contributed by atoms with Crippen LogP contribution in [0.3, 0.4) is 0 Å². The third kappa shape index (κ3) is 3.96. The van der Waals surface area contributed by atoms with Gasteiger partial charge in [-0.3, -0.25) is 4.79 Å². The summed E-state index contributed by atoms with van der Waals surface area (Å²) in [6, 6.07) is 5.78. The molecule has 0 amide bonds. The highest BCUT2D eigenvalue weighted by molar-refractivity contribution is 7.98. The fourth-order valence-corrected chi connectivity index (χ4v) is 2.75. The number of nitrogens with zero attached hydrogens (tertiary/aromatic N) is 5. The number of thioether (sulfide) groups is 1. The topological polar surface area (TPSA) is 115 Å². The van der Waals surface area contributed by atoms with Crippen LogP contribution >= 0.6 is 11.8 Å². The third-order valence-corrected chi connectivity index (χ3v) is 3.90. The number of aromatic amines is 1. The summed E-state index contributed by atoms with van der Waals surface area (Å²) >= 11 is 1.09. The number of alkyl halides is 3. The highest BCUT2D eigenvalue weighted by atomic mass is 32.2. The molecule has 12 heteroatoms. The first-order chi connectivity index (χ1) is 11.8. The number of nitrogens with one attached hydrogen (secondary N) is 1. The van der Waals surface area contributed by atoms with E-state index in [-0.39, 0.29) is 28.2 Å². The molecule has 3 aromatic rings. The van der Waals surface area contributed by atoms with Gasteiger partial charge in [0.25, 0.3) is 5.56 Å². The number of anilines is 1. The van der Waals surface area contributed by atoms with Crippen LogP contribution in [0, 0.1) is 0 Å². The Bertz CT molecular complexity index is 953. The Balaban J connectivity index is 1.85. The van der Waals surface area contributed by atoms with Gasteiger partial charge in [-0.15, -0.1) is 5.10 Å². The van der Waals surface area contributed by atoms with Crippen molar-refractivity contribution in [2.45, 2.75) is 17.1 Å². The van der Waals surface area contributed by atoms with E-state index in [0.29, 0.717) is 0 Å². The number of tetrazole rings is 1. The summed E-state index contributed by atoms with van der Waals surface area (Å²) in [4.78, 5) is 17.8. The number of benzene rings is 1. The molecule has 1 aromatic carbocycles. The number of rotatable bonds is 4. The monoisotopic (exact) mass is 369 g/mol. The van der Waals surface area contributed by atoms with Gasteiger partial charge in [-0.05, 0) is 28.6 Å². The lowest BCUT2D eigenvalue weighted by molar-refractivity contribution is -0.137. The lowest BCUT2D eigenvalue weighted by Gasteiger charge is -2.09. The van der Waals surface area contributed by atoms with E-state index in [4.69, 9.17) is 5.73 Å². The van der Waals surface area contributed by atoms with Crippen LogP contribution < -0.4 is 11.3 Å². The Morgan fingerprint density at radius 3 is 2.80 bits per heavy atom. The molecule has 0 aliphatic carbocycles. The van der Waals surface area contributed by atoms with Crippen LogP contribution in [0.25, 0.3) is 5.69 Å². The van der Waals surface area contributed by atoms with Gasteiger partial charge in [0.05, 0.1) is 17.0 Å². The molecule has 130 valence electrons. The van der Waals surface area contributed by atoms with Crippen molar-refractivity contribution in [2.75, 3.05) is 5.73 Å². The summed E-state index contributed by atoms with van der Waals surface area (Å²) in [5.41, 5.74) is 4.45. The van der Waals surface area contributed by atoms with Crippen LogP contribution in [0.15, 0.2) is 40.3 Å². The van der Waals surface area contributed by atoms with Crippen LogP contribution in [-0.4, -0.2) is 30.2 Å². The maximum Gasteiger partial charge on any atom is 0.416 e. The molecule has 3 N–H and O–H groups in total. The summed E-state index contributed by atoms with van der Waals surface area (Å²) in [7, 11) is 0. The molecule has 0 spiro atoms. The summed E-state index contributed by atoms with van der Waals surface area (Å²) in [5, 5.41) is 11.3. The van der Waals surface area contributed by atoms with Gasteiger partial charge in [0.15, 0.2) is 11.0 Å². The predicted molar refractivity (Wildman–Crippen MR) is 83.0 cm³/mol. The van der Waals surface area contributed by atoms with Gasteiger partial charge in [-0.1, -0.05) is 17.8 Å². The molecular weight excluding hydrogens is 359 g/mol. The second-order valence-corrected chi connectivity index (χ2v) is 5.78. The molecule has 0 atom stereocenters. The Morgan fingerprint density at radius 1 is 1.28 bits per heavy atom. The van der Waals surface area contributed by atoms with Gasteiger partial charge < -0.3 is 10.7 Å². The SMILES string of the molecule is Nc1cc(=O)[nH]c(SCc2nnnn2-c2cccc(C(F)(F)F)c2)n1. The van der Waals surface area contributed by atoms with E-state index < -0.39 is 17.3 Å². The zero-order valence-corrected chi connectivity index (χ0v) is 13.2. The second-order valence-electron chi connectivity index (χ2n) is 4.82. The van der Waals surface area contributed by atoms with Crippen molar-refractivity contribution in [1.82, 2.24) is 30.2 Å². The molecule has 2 heterocycles. The van der Waals surface area contributed by atoms with Crippen molar-refractivity contribution in [3.8, 4) is 5.69 Å². The van der Waals surface area contributed by atoms with Gasteiger partial charge >= 0.3 is 6.18 Å². The van der Waals surface area contributed by atoms with E-state index in [1.807, 2.05) is 0 Å². The van der Waals surface area contributed by atoms with E-state index in [1.54, 1.807) is 0 Å². The Labute approximate surface area is 142 Å². The fraction of sp³-hybridized carbons (Fsp3) is 0.154. The normalized spacial score (nSPS) is 11.6. The van der Waals surface area contributed by atoms with Crippen LogP contribution in [0.5, 0.6) is 0 Å². The molecule has 0 bridgehead atoms. The molecule has 0 saturated carbocycles. The number of nitrogen functional groups attached to an aromatic ring is 1. The van der Waals surface area contributed by atoms with Crippen molar-refractivity contribution in [2.24, 2.45) is 0 Å². The first-order valence-electron chi connectivity index (χ1n) is 6.77. The second kappa shape index (κ2) is 6.55. The maximum atomic E-state index is 12.8. The molecule has 0 unspecified atom stereocenters. The van der Waals surface area contributed by atoms with Crippen molar-refractivity contribution in [3.05, 3.63) is 52.1 Å². The highest BCUT2D eigenvalue weighted by Gasteiger charge is 2.30. The van der Waals surface area contributed by atoms with E-state index in [2.05, 4.69) is 25.5 Å². The van der Waals surface area contributed by atoms with E-state index in [0.717, 1.165) is 30.0 Å². The maximum absolute atomic E-state index is 12.8. The minimum Gasteiger partial charge on any atom is -0.383 e. The molecule has 0 radical (unpaired) electrons. The third-order valence-electron chi connectivity index (χ3n) is 3.03. The van der Waals surface area contributed by atoms with Gasteiger partial charge in [0.2, 0.25) is 0 Å². The molecule has 0 aliphatic rings. The van der Waals surface area contributed by atoms with Gasteiger partial charge in [-0.25, -0.2) is 4.98 Å². The van der Waals surface area contributed by atoms with E-state index in [1.165, 1.54) is 16.8 Å². The zero-order valence-electron chi connectivity index (χ0n) is 12.4. The Kier molecular flexibility index (Phi) is 4.44. The molecule has 2 aromatic heterocycles. The molecule has 0 saturated heterocycles. The largest absolute Gasteiger partial charge is 0.416 e. The highest BCUT2D eigenvalue weighted by Crippen LogP contribution is 2.30. The summed E-state index contributed by atoms with van der Waals surface area (Å²) in [6.45, 7) is 0. The van der Waals surface area contributed by atoms with Gasteiger partial charge in [0, 0.05) is 6.07 Å². The number of halogens is 3. The quantitative estimate of drug-likeness (QED) is 0.530. The number of hydrogen-bond donors (Lipinski definition) is 2. The first kappa shape index (κ1) is 17.0. The molecular formula is C13H10F3N7OS. The predicted octanol–water partition coefficient (Wildman–Crippen LogP) is 1.64. The van der Waals surface area contributed by atoms with Crippen LogP contribution in [0.1, 0.15) is 11.4 Å². The zero-order chi connectivity index (χ0) is 18.0. The minimum absolute atomic E-state index is 0.0590. The van der Waals surface area contributed by atoms with E-state index >= 15 is 0 Å². The first-order valence-corrected chi connectivity index (χ1v) is 7.76. The molecule has 25 heavy (non-hydrogen) atoms. The Hall–Kier alpha value is -2.89. The lowest BCUT2D eigenvalue weighted by atomic mass is 10.2. The molecule has 0 fully saturated rings. The van der Waals surface area contributed by atoms with Gasteiger partial charge in [-0.2, -0.15) is 17.9 Å². The smallest absolute Gasteiger partial charge is 0.383 e. The Morgan fingerprint density at radius 2 is 2.08 bits per heavy atom. The van der Waals surface area contributed by atoms with Crippen molar-refractivity contribution in [3.63, 3.8) is 0 Å². The fourth-order valence-electron chi connectivity index (χ4n) is 1.96. The van der Waals surface area contributed by atoms with Gasteiger partial charge in [0.1, 0.15) is 5.82 Å². The molecule has 0 aliphatic heterocycles.